The van der Waals surface area contributed by atoms with E-state index in [0.717, 1.165) is 6.07 Å². The molecule has 0 fully saturated rings. The van der Waals surface area contributed by atoms with Crippen LogP contribution in [0.1, 0.15) is 0 Å². The quantitative estimate of drug-likeness (QED) is 0.375. The van der Waals surface area contributed by atoms with Crippen LogP contribution in [-0.4, -0.2) is 0 Å². The van der Waals surface area contributed by atoms with Crippen molar-refractivity contribution in [3.05, 3.63) is 29.3 Å². The van der Waals surface area contributed by atoms with Crippen LogP contribution in [-0.2, 0) is 0 Å². The van der Waals surface area contributed by atoms with Crippen LogP contribution < -0.4 is 123 Å². The topological polar surface area (TPSA) is 69.2 Å². The van der Waals surface area contributed by atoms with Gasteiger partial charge in [-0.25, -0.2) is 0 Å². The Bertz CT molecular complexity index is 266. The molecule has 3 nitrogen and oxygen atoms in total. The van der Waals surface area contributed by atoms with Gasteiger partial charge in [0.25, 0.3) is 0 Å². The van der Waals surface area contributed by atoms with Crippen molar-refractivity contribution < 1.29 is 117 Å². The molecule has 0 aliphatic heterocycles. The summed E-state index contributed by atoms with van der Waals surface area (Å²) in [5.41, 5.74) is 0. The van der Waals surface area contributed by atoms with Crippen molar-refractivity contribution in [1.29, 1.82) is 0 Å². The van der Waals surface area contributed by atoms with Gasteiger partial charge in [-0.1, -0.05) is 17.7 Å². The monoisotopic (exact) mass is 268 g/mol. The molecule has 0 bridgehead atoms. The molecule has 0 aliphatic carbocycles. The molecule has 0 spiro atoms. The molecule has 0 aromatic heterocycles. The van der Waals surface area contributed by atoms with Gasteiger partial charge in [0.15, 0.2) is 0 Å². The Labute approximate surface area is 167 Å². The first-order chi connectivity index (χ1) is 5.00. The van der Waals surface area contributed by atoms with Crippen LogP contribution in [0.4, 0.5) is 0 Å². The first-order valence-electron chi connectivity index (χ1n) is 2.78. The third-order valence-electron chi connectivity index (χ3n) is 1.12. The molecule has 1 rings (SSSR count). The Morgan fingerprint density at radius 2 is 1.62 bits per heavy atom. The fraction of sp³-hybridized carbons (Fsp3) is 0. The van der Waals surface area contributed by atoms with Crippen molar-refractivity contribution in [2.24, 2.45) is 0 Å². The molecule has 0 radical (unpaired) electrons. The Balaban J connectivity index is 0. The van der Waals surface area contributed by atoms with E-state index in [1.165, 1.54) is 18.2 Å². The van der Waals surface area contributed by atoms with Gasteiger partial charge in [-0.15, -0.1) is 7.94 Å². The molecule has 0 unspecified atom stereocenters. The molecular weight excluding hydrogens is 265 g/mol. The van der Waals surface area contributed by atoms with Crippen molar-refractivity contribution in [2.75, 3.05) is 0 Å². The smallest absolute Gasteiger partial charge is 0.683 e. The van der Waals surface area contributed by atoms with Crippen LogP contribution in [0, 0.1) is 0 Å². The summed E-state index contributed by atoms with van der Waals surface area (Å²) in [6.07, 6.45) is 0. The average molecular weight is 269 g/mol. The largest absolute Gasteiger partial charge is 1.00 e. The molecular formula is C6H4ClK2O3P. The van der Waals surface area contributed by atoms with Gasteiger partial charge in [-0.05, 0) is 18.2 Å². The van der Waals surface area contributed by atoms with E-state index in [1.807, 2.05) is 0 Å². The summed E-state index contributed by atoms with van der Waals surface area (Å²) in [6, 6.07) is 5.26. The number of rotatable bonds is 1. The minimum absolute atomic E-state index is 0. The molecule has 0 aliphatic rings. The Morgan fingerprint density at radius 1 is 1.08 bits per heavy atom. The van der Waals surface area contributed by atoms with Gasteiger partial charge in [0.1, 0.15) is 0 Å². The minimum atomic E-state index is -4.63. The molecule has 0 atom stereocenters. The van der Waals surface area contributed by atoms with E-state index < -0.39 is 7.94 Å². The van der Waals surface area contributed by atoms with E-state index >= 15 is 0 Å². The first-order valence-corrected chi connectivity index (χ1v) is 4.70. The molecule has 13 heavy (non-hydrogen) atoms. The molecule has 1 aromatic rings. The second-order valence-corrected chi connectivity index (χ2v) is 3.93. The van der Waals surface area contributed by atoms with E-state index in [1.54, 1.807) is 0 Å². The molecule has 0 amide bonds. The van der Waals surface area contributed by atoms with Gasteiger partial charge in [-0.3, -0.25) is 0 Å². The van der Waals surface area contributed by atoms with Crippen molar-refractivity contribution >= 4 is 24.8 Å². The van der Waals surface area contributed by atoms with Crippen molar-refractivity contribution in [3.8, 4) is 0 Å². The molecule has 0 N–H and O–H groups in total. The van der Waals surface area contributed by atoms with Gasteiger partial charge in [-0.2, -0.15) is 0 Å². The van der Waals surface area contributed by atoms with Crippen molar-refractivity contribution in [1.82, 2.24) is 0 Å². The second kappa shape index (κ2) is 8.22. The van der Waals surface area contributed by atoms with Crippen LogP contribution in [0.2, 0.25) is 5.02 Å². The standard InChI is InChI=1S/C6H6ClO3P.2K/c7-5-2-1-3-6(4-5)11(8,9)10;;/h1-4H,(H2,8,9,10);;/q;2*+1/p-2. The predicted molar refractivity (Wildman–Crippen MR) is 38.0 cm³/mol. The summed E-state index contributed by atoms with van der Waals surface area (Å²) in [5.74, 6) is 0. The average Bonchev–Trinajstić information content (AvgIpc) is 1.86. The van der Waals surface area contributed by atoms with E-state index in [9.17, 15) is 14.7 Å². The summed E-state index contributed by atoms with van der Waals surface area (Å²) < 4.78 is 0. The summed E-state index contributed by atoms with van der Waals surface area (Å²) in [5, 5.41) is -0.0283. The Morgan fingerprint density at radius 3 is 1.92 bits per heavy atom. The fourth-order valence-corrected chi connectivity index (χ4v) is 1.48. The van der Waals surface area contributed by atoms with Crippen LogP contribution >= 0.6 is 19.5 Å². The summed E-state index contributed by atoms with van der Waals surface area (Å²) in [6.45, 7) is 0. The molecule has 0 saturated heterocycles. The number of hydrogen-bond acceptors (Lipinski definition) is 3. The van der Waals surface area contributed by atoms with Crippen molar-refractivity contribution in [3.63, 3.8) is 0 Å². The van der Waals surface area contributed by atoms with Crippen LogP contribution in [0.15, 0.2) is 24.3 Å². The Kier molecular flexibility index (Phi) is 11.7. The minimum Gasteiger partial charge on any atom is -0.683 e. The molecule has 0 saturated carbocycles. The zero-order valence-electron chi connectivity index (χ0n) is 7.36. The number of benzene rings is 1. The molecule has 7 heteroatoms. The summed E-state index contributed by atoms with van der Waals surface area (Å²) in [4.78, 5) is 31.2. The summed E-state index contributed by atoms with van der Waals surface area (Å²) in [7, 11) is -4.63. The maximum atomic E-state index is 10.4. The third-order valence-corrected chi connectivity index (χ3v) is 2.27. The van der Waals surface area contributed by atoms with Crippen LogP contribution in [0.25, 0.3) is 0 Å². The van der Waals surface area contributed by atoms with Crippen molar-refractivity contribution in [2.45, 2.75) is 0 Å². The van der Waals surface area contributed by atoms with E-state index in [2.05, 4.69) is 0 Å². The zero-order valence-corrected chi connectivity index (χ0v) is 15.3. The van der Waals surface area contributed by atoms with Gasteiger partial charge in [0, 0.05) is 5.02 Å². The molecule has 60 valence electrons. The van der Waals surface area contributed by atoms with E-state index in [4.69, 9.17) is 11.6 Å². The SMILES string of the molecule is [K+].[K+].[O-][P+]([O-])([O-])c1cccc(Cl)c1. The number of halogens is 1. The summed E-state index contributed by atoms with van der Waals surface area (Å²) >= 11 is 5.45. The van der Waals surface area contributed by atoms with Gasteiger partial charge in [0.05, 0.1) is 5.30 Å². The fourth-order valence-electron chi connectivity index (χ4n) is 0.646. The Hall–Kier alpha value is 3.09. The zero-order chi connectivity index (χ0) is 8.48. The van der Waals surface area contributed by atoms with Gasteiger partial charge < -0.3 is 14.7 Å². The maximum absolute atomic E-state index is 10.4. The van der Waals surface area contributed by atoms with Gasteiger partial charge >= 0.3 is 103 Å². The first kappa shape index (κ1) is 18.5. The normalized spacial score (nSPS) is 9.85. The predicted octanol–water partition coefficient (Wildman–Crippen LogP) is -7.18. The van der Waals surface area contributed by atoms with Crippen LogP contribution in [0.3, 0.4) is 0 Å². The van der Waals surface area contributed by atoms with Gasteiger partial charge in [0.2, 0.25) is 0 Å². The maximum Gasteiger partial charge on any atom is 1.00 e. The second-order valence-electron chi connectivity index (χ2n) is 1.98. The van der Waals surface area contributed by atoms with E-state index in [-0.39, 0.29) is 113 Å². The van der Waals surface area contributed by atoms with Crippen LogP contribution in [0.5, 0.6) is 0 Å². The third kappa shape index (κ3) is 7.10. The molecule has 1 aromatic carbocycles. The molecule has 0 heterocycles. The van der Waals surface area contributed by atoms with E-state index in [0.29, 0.717) is 0 Å². The number of hydrogen-bond donors (Lipinski definition) is 0.